The Bertz CT molecular complexity index is 400. The summed E-state index contributed by atoms with van der Waals surface area (Å²) in [5, 5.41) is 16.0. The molecule has 0 aromatic carbocycles. The van der Waals surface area contributed by atoms with E-state index in [0.29, 0.717) is 24.9 Å². The molecule has 0 spiro atoms. The van der Waals surface area contributed by atoms with Crippen molar-refractivity contribution < 1.29 is 9.84 Å². The minimum absolute atomic E-state index is 0.0691. The molecule has 20 heavy (non-hydrogen) atoms. The highest BCUT2D eigenvalue weighted by atomic mass is 16.5. The van der Waals surface area contributed by atoms with Gasteiger partial charge in [-0.3, -0.25) is 0 Å². The van der Waals surface area contributed by atoms with Crippen LogP contribution in [0.2, 0.25) is 0 Å². The molecule has 0 saturated heterocycles. The Kier molecular flexibility index (Phi) is 6.67. The van der Waals surface area contributed by atoms with Crippen LogP contribution in [0.15, 0.2) is 6.07 Å². The van der Waals surface area contributed by atoms with E-state index in [1.54, 1.807) is 0 Å². The summed E-state index contributed by atoms with van der Waals surface area (Å²) in [5.74, 6) is 2.06. The van der Waals surface area contributed by atoms with Crippen molar-refractivity contribution in [2.24, 2.45) is 0 Å². The summed E-state index contributed by atoms with van der Waals surface area (Å²) in [6.07, 6.45) is 1.64. The molecule has 1 aromatic heterocycles. The molecule has 0 radical (unpaired) electrons. The van der Waals surface area contributed by atoms with Crippen LogP contribution >= 0.6 is 0 Å². The van der Waals surface area contributed by atoms with Gasteiger partial charge in [-0.1, -0.05) is 13.8 Å². The number of rotatable bonds is 9. The molecule has 0 saturated carbocycles. The number of nitrogens with one attached hydrogen (secondary N) is 2. The molecular weight excluding hydrogens is 256 g/mol. The van der Waals surface area contributed by atoms with Crippen LogP contribution in [0.5, 0.6) is 0 Å². The quantitative estimate of drug-likeness (QED) is 0.643. The summed E-state index contributed by atoms with van der Waals surface area (Å²) in [6, 6.07) is 1.84. The summed E-state index contributed by atoms with van der Waals surface area (Å²) in [4.78, 5) is 8.80. The molecular formula is C14H26N4O2. The predicted octanol–water partition coefficient (Wildman–Crippen LogP) is 2.02. The molecule has 1 heterocycles. The molecule has 0 unspecified atom stereocenters. The molecule has 0 aliphatic heterocycles. The Morgan fingerprint density at radius 3 is 2.35 bits per heavy atom. The lowest BCUT2D eigenvalue weighted by Gasteiger charge is -2.31. The lowest BCUT2D eigenvalue weighted by atomic mass is 9.94. The predicted molar refractivity (Wildman–Crippen MR) is 80.9 cm³/mol. The lowest BCUT2D eigenvalue weighted by Crippen LogP contribution is -2.41. The van der Waals surface area contributed by atoms with Crippen molar-refractivity contribution in [2.75, 3.05) is 30.9 Å². The monoisotopic (exact) mass is 282 g/mol. The molecule has 0 fully saturated rings. The van der Waals surface area contributed by atoms with Crippen LogP contribution in [0.1, 0.15) is 39.4 Å². The number of aromatic nitrogens is 2. The number of hydrogen-bond acceptors (Lipinski definition) is 6. The van der Waals surface area contributed by atoms with Crippen LogP contribution in [0.4, 0.5) is 11.6 Å². The highest BCUT2D eigenvalue weighted by Gasteiger charge is 2.25. The summed E-state index contributed by atoms with van der Waals surface area (Å²) in [6.45, 7) is 7.11. The molecule has 6 nitrogen and oxygen atoms in total. The molecule has 0 aliphatic rings. The number of aliphatic hydroxyl groups is 1. The first-order valence-corrected chi connectivity index (χ1v) is 7.15. The number of anilines is 2. The molecule has 1 rings (SSSR count). The van der Waals surface area contributed by atoms with Gasteiger partial charge < -0.3 is 20.5 Å². The van der Waals surface area contributed by atoms with E-state index in [4.69, 9.17) is 4.74 Å². The minimum Gasteiger partial charge on any atom is -0.394 e. The second kappa shape index (κ2) is 8.01. The van der Waals surface area contributed by atoms with Crippen LogP contribution in [0, 0.1) is 0 Å². The Hall–Kier alpha value is -1.40. The van der Waals surface area contributed by atoms with Gasteiger partial charge in [-0.05, 0) is 19.8 Å². The largest absolute Gasteiger partial charge is 0.394 e. The van der Waals surface area contributed by atoms with Gasteiger partial charge >= 0.3 is 0 Å². The summed E-state index contributed by atoms with van der Waals surface area (Å²) in [5.41, 5.74) is -0.345. The summed E-state index contributed by atoms with van der Waals surface area (Å²) >= 11 is 0. The van der Waals surface area contributed by atoms with Crippen molar-refractivity contribution in [2.45, 2.75) is 45.8 Å². The van der Waals surface area contributed by atoms with Crippen LogP contribution in [0.25, 0.3) is 0 Å². The highest BCUT2D eigenvalue weighted by molar-refractivity contribution is 5.48. The fraction of sp³-hybridized carbons (Fsp3) is 0.714. The van der Waals surface area contributed by atoms with Crippen molar-refractivity contribution >= 4 is 11.6 Å². The maximum atomic E-state index is 9.63. The second-order valence-electron chi connectivity index (χ2n) is 4.71. The lowest BCUT2D eigenvalue weighted by molar-refractivity contribution is 0.128. The van der Waals surface area contributed by atoms with Crippen LogP contribution in [-0.4, -0.2) is 40.9 Å². The third-order valence-corrected chi connectivity index (χ3v) is 3.51. The average Bonchev–Trinajstić information content (AvgIpc) is 2.50. The molecule has 3 N–H and O–H groups in total. The van der Waals surface area contributed by atoms with Crippen molar-refractivity contribution in [1.82, 2.24) is 9.97 Å². The molecule has 6 heteroatoms. The zero-order valence-corrected chi connectivity index (χ0v) is 12.9. The zero-order valence-electron chi connectivity index (χ0n) is 12.9. The maximum absolute atomic E-state index is 9.63. The van der Waals surface area contributed by atoms with E-state index >= 15 is 0 Å². The van der Waals surface area contributed by atoms with E-state index in [-0.39, 0.29) is 12.1 Å². The van der Waals surface area contributed by atoms with Gasteiger partial charge in [0.1, 0.15) is 18.2 Å². The second-order valence-corrected chi connectivity index (χ2v) is 4.71. The molecule has 0 bridgehead atoms. The van der Waals surface area contributed by atoms with Gasteiger partial charge in [-0.25, -0.2) is 9.97 Å². The van der Waals surface area contributed by atoms with Crippen LogP contribution in [-0.2, 0) is 11.3 Å². The fourth-order valence-corrected chi connectivity index (χ4v) is 1.91. The van der Waals surface area contributed by atoms with Crippen molar-refractivity contribution in [1.29, 1.82) is 0 Å². The van der Waals surface area contributed by atoms with Gasteiger partial charge in [0.05, 0.1) is 12.1 Å². The molecule has 0 atom stereocenters. The summed E-state index contributed by atoms with van der Waals surface area (Å²) < 4.78 is 5.35. The standard InChI is InChI=1S/C14H26N4O2/c1-5-14(6-2,10-19)18-12-8-11(15-4)16-13(17-12)9-20-7-3/h8,19H,5-7,9-10H2,1-4H3,(H2,15,16,17,18). The zero-order chi connectivity index (χ0) is 15.0. The average molecular weight is 282 g/mol. The first-order chi connectivity index (χ1) is 9.62. The number of hydrogen-bond donors (Lipinski definition) is 3. The van der Waals surface area contributed by atoms with Gasteiger partial charge in [0.2, 0.25) is 0 Å². The molecule has 0 amide bonds. The van der Waals surface area contributed by atoms with E-state index in [9.17, 15) is 5.11 Å². The van der Waals surface area contributed by atoms with Gasteiger partial charge in [0.25, 0.3) is 0 Å². The van der Waals surface area contributed by atoms with E-state index < -0.39 is 0 Å². The number of nitrogens with zero attached hydrogens (tertiary/aromatic N) is 2. The Labute approximate surface area is 121 Å². The van der Waals surface area contributed by atoms with Crippen molar-refractivity contribution in [3.05, 3.63) is 11.9 Å². The molecule has 1 aromatic rings. The number of aliphatic hydroxyl groups excluding tert-OH is 1. The Morgan fingerprint density at radius 1 is 1.20 bits per heavy atom. The molecule has 114 valence electrons. The van der Waals surface area contributed by atoms with Gasteiger partial charge in [-0.15, -0.1) is 0 Å². The van der Waals surface area contributed by atoms with E-state index in [2.05, 4.69) is 20.6 Å². The van der Waals surface area contributed by atoms with Crippen molar-refractivity contribution in [3.8, 4) is 0 Å². The van der Waals surface area contributed by atoms with E-state index in [1.807, 2.05) is 33.9 Å². The first kappa shape index (κ1) is 16.7. The fourth-order valence-electron chi connectivity index (χ4n) is 1.91. The molecule has 0 aliphatic carbocycles. The SMILES string of the molecule is CCOCc1nc(NC)cc(NC(CC)(CC)CO)n1. The minimum atomic E-state index is -0.345. The third-order valence-electron chi connectivity index (χ3n) is 3.51. The van der Waals surface area contributed by atoms with Crippen LogP contribution < -0.4 is 10.6 Å². The Balaban J connectivity index is 2.98. The van der Waals surface area contributed by atoms with Crippen LogP contribution in [0.3, 0.4) is 0 Å². The maximum Gasteiger partial charge on any atom is 0.158 e. The van der Waals surface area contributed by atoms with E-state index in [1.165, 1.54) is 0 Å². The van der Waals surface area contributed by atoms with Gasteiger partial charge in [-0.2, -0.15) is 0 Å². The normalized spacial score (nSPS) is 11.4. The van der Waals surface area contributed by atoms with E-state index in [0.717, 1.165) is 18.7 Å². The number of ether oxygens (including phenoxy) is 1. The Morgan fingerprint density at radius 2 is 1.85 bits per heavy atom. The highest BCUT2D eigenvalue weighted by Crippen LogP contribution is 2.22. The van der Waals surface area contributed by atoms with Gasteiger partial charge in [0.15, 0.2) is 5.82 Å². The topological polar surface area (TPSA) is 79.3 Å². The summed E-state index contributed by atoms with van der Waals surface area (Å²) in [7, 11) is 1.81. The third kappa shape index (κ3) is 4.31. The van der Waals surface area contributed by atoms with Gasteiger partial charge in [0, 0.05) is 19.7 Å². The smallest absolute Gasteiger partial charge is 0.158 e. The van der Waals surface area contributed by atoms with Crippen molar-refractivity contribution in [3.63, 3.8) is 0 Å². The first-order valence-electron chi connectivity index (χ1n) is 7.15.